The second kappa shape index (κ2) is 11.2. The van der Waals surface area contributed by atoms with Crippen molar-refractivity contribution in [3.05, 3.63) is 72.1 Å². The molecule has 2 amide bonds. The number of amides is 2. The fourth-order valence-electron chi connectivity index (χ4n) is 3.82. The molecule has 1 aliphatic heterocycles. The Labute approximate surface area is 203 Å². The van der Waals surface area contributed by atoms with Crippen LogP contribution in [0.25, 0.3) is 0 Å². The fraction of sp³-hybridized carbons (Fsp3) is 0.320. The number of nitrogens with zero attached hydrogens (tertiary/aromatic N) is 4. The van der Waals surface area contributed by atoms with Crippen LogP contribution in [0.5, 0.6) is 0 Å². The Balaban J connectivity index is 1.33. The van der Waals surface area contributed by atoms with E-state index in [4.69, 9.17) is 4.74 Å². The number of rotatable bonds is 8. The van der Waals surface area contributed by atoms with Crippen LogP contribution < -0.4 is 10.2 Å². The zero-order valence-electron chi connectivity index (χ0n) is 19.4. The number of hydrogen-bond acceptors (Lipinski definition) is 6. The summed E-state index contributed by atoms with van der Waals surface area (Å²) < 4.78 is 7.34. The second-order valence-corrected chi connectivity index (χ2v) is 9.07. The van der Waals surface area contributed by atoms with Crippen molar-refractivity contribution < 1.29 is 14.3 Å². The SMILES string of the molecule is CN(Cc1ccccc1N1CCOCC1)C(=O)c1ccc(NC(=O)CSc2nccn2C)cc1. The van der Waals surface area contributed by atoms with E-state index in [9.17, 15) is 9.59 Å². The highest BCUT2D eigenvalue weighted by atomic mass is 32.2. The fourth-order valence-corrected chi connectivity index (χ4v) is 4.55. The van der Waals surface area contributed by atoms with Crippen LogP contribution >= 0.6 is 11.8 Å². The van der Waals surface area contributed by atoms with Gasteiger partial charge in [0, 0.05) is 63.1 Å². The van der Waals surface area contributed by atoms with Gasteiger partial charge in [0.2, 0.25) is 5.91 Å². The summed E-state index contributed by atoms with van der Waals surface area (Å²) in [6.45, 7) is 3.64. The summed E-state index contributed by atoms with van der Waals surface area (Å²) in [5.74, 6) is 0.0699. The van der Waals surface area contributed by atoms with Crippen LogP contribution in [0.3, 0.4) is 0 Å². The zero-order chi connectivity index (χ0) is 23.9. The van der Waals surface area contributed by atoms with Crippen LogP contribution in [0.4, 0.5) is 11.4 Å². The third-order valence-electron chi connectivity index (χ3n) is 5.62. The van der Waals surface area contributed by atoms with Crippen molar-refractivity contribution in [3.8, 4) is 0 Å². The van der Waals surface area contributed by atoms with E-state index in [2.05, 4.69) is 27.3 Å². The van der Waals surface area contributed by atoms with Gasteiger partial charge in [0.1, 0.15) is 0 Å². The second-order valence-electron chi connectivity index (χ2n) is 8.12. The van der Waals surface area contributed by atoms with Crippen LogP contribution in [-0.2, 0) is 23.1 Å². The number of carbonyl (C=O) groups excluding carboxylic acids is 2. The van der Waals surface area contributed by atoms with Gasteiger partial charge in [-0.3, -0.25) is 9.59 Å². The van der Waals surface area contributed by atoms with E-state index in [0.29, 0.717) is 31.0 Å². The molecule has 1 saturated heterocycles. The highest BCUT2D eigenvalue weighted by Gasteiger charge is 2.18. The smallest absolute Gasteiger partial charge is 0.253 e. The van der Waals surface area contributed by atoms with Gasteiger partial charge in [-0.2, -0.15) is 0 Å². The third-order valence-corrected chi connectivity index (χ3v) is 6.68. The molecule has 1 aliphatic rings. The van der Waals surface area contributed by atoms with Crippen LogP contribution in [0, 0.1) is 0 Å². The van der Waals surface area contributed by atoms with Crippen molar-refractivity contribution in [2.45, 2.75) is 11.7 Å². The van der Waals surface area contributed by atoms with Crippen LogP contribution in [-0.4, -0.2) is 65.4 Å². The van der Waals surface area contributed by atoms with E-state index < -0.39 is 0 Å². The Morgan fingerprint density at radius 2 is 1.85 bits per heavy atom. The van der Waals surface area contributed by atoms with Gasteiger partial charge in [-0.25, -0.2) is 4.98 Å². The largest absolute Gasteiger partial charge is 0.378 e. The van der Waals surface area contributed by atoms with Crippen molar-refractivity contribution in [3.63, 3.8) is 0 Å². The lowest BCUT2D eigenvalue weighted by atomic mass is 10.1. The predicted molar refractivity (Wildman–Crippen MR) is 134 cm³/mol. The van der Waals surface area contributed by atoms with Crippen molar-refractivity contribution >= 4 is 35.0 Å². The van der Waals surface area contributed by atoms with E-state index in [-0.39, 0.29) is 17.6 Å². The number of nitrogens with one attached hydrogen (secondary N) is 1. The quantitative estimate of drug-likeness (QED) is 0.500. The third kappa shape index (κ3) is 5.98. The molecular formula is C25H29N5O3S. The van der Waals surface area contributed by atoms with Gasteiger partial charge in [-0.05, 0) is 35.9 Å². The Hall–Kier alpha value is -3.30. The minimum Gasteiger partial charge on any atom is -0.378 e. The number of aryl methyl sites for hydroxylation is 1. The molecule has 2 heterocycles. The Kier molecular flexibility index (Phi) is 7.87. The lowest BCUT2D eigenvalue weighted by Crippen LogP contribution is -2.37. The average molecular weight is 480 g/mol. The monoisotopic (exact) mass is 479 g/mol. The van der Waals surface area contributed by atoms with E-state index in [0.717, 1.165) is 29.5 Å². The minimum absolute atomic E-state index is 0.0694. The molecule has 3 aromatic rings. The number of anilines is 2. The summed E-state index contributed by atoms with van der Waals surface area (Å²) in [6, 6.07) is 15.2. The van der Waals surface area contributed by atoms with Gasteiger partial charge in [-0.1, -0.05) is 30.0 Å². The van der Waals surface area contributed by atoms with E-state index >= 15 is 0 Å². The molecule has 9 heteroatoms. The molecule has 0 radical (unpaired) electrons. The first-order valence-corrected chi connectivity index (χ1v) is 12.2. The number of para-hydroxylation sites is 1. The number of imidazole rings is 1. The van der Waals surface area contributed by atoms with Gasteiger partial charge in [0.05, 0.1) is 19.0 Å². The number of aromatic nitrogens is 2. The molecule has 0 aliphatic carbocycles. The summed E-state index contributed by atoms with van der Waals surface area (Å²) in [4.78, 5) is 33.5. The zero-order valence-corrected chi connectivity index (χ0v) is 20.3. The lowest BCUT2D eigenvalue weighted by molar-refractivity contribution is -0.113. The summed E-state index contributed by atoms with van der Waals surface area (Å²) in [7, 11) is 3.70. The normalized spacial score (nSPS) is 13.5. The molecule has 0 atom stereocenters. The number of ether oxygens (including phenoxy) is 1. The van der Waals surface area contributed by atoms with Crippen LogP contribution in [0.2, 0.25) is 0 Å². The van der Waals surface area contributed by atoms with Gasteiger partial charge < -0.3 is 24.4 Å². The number of benzene rings is 2. The first-order valence-electron chi connectivity index (χ1n) is 11.2. The first-order chi connectivity index (χ1) is 16.5. The molecule has 1 N–H and O–H groups in total. The molecule has 0 spiro atoms. The highest BCUT2D eigenvalue weighted by molar-refractivity contribution is 7.99. The van der Waals surface area contributed by atoms with Crippen LogP contribution in [0.15, 0.2) is 66.1 Å². The van der Waals surface area contributed by atoms with Crippen molar-refractivity contribution in [2.75, 3.05) is 49.3 Å². The van der Waals surface area contributed by atoms with Crippen molar-refractivity contribution in [2.24, 2.45) is 7.05 Å². The molecule has 4 rings (SSSR count). The molecule has 178 valence electrons. The molecule has 8 nitrogen and oxygen atoms in total. The lowest BCUT2D eigenvalue weighted by Gasteiger charge is -2.31. The number of hydrogen-bond donors (Lipinski definition) is 1. The predicted octanol–water partition coefficient (Wildman–Crippen LogP) is 3.26. The number of morpholine rings is 1. The first kappa shape index (κ1) is 23.8. The maximum absolute atomic E-state index is 13.0. The topological polar surface area (TPSA) is 79.7 Å². The summed E-state index contributed by atoms with van der Waals surface area (Å²) in [5.41, 5.74) is 3.48. The van der Waals surface area contributed by atoms with Gasteiger partial charge in [-0.15, -0.1) is 0 Å². The molecule has 0 saturated carbocycles. The molecular weight excluding hydrogens is 450 g/mol. The van der Waals surface area contributed by atoms with Crippen molar-refractivity contribution in [1.29, 1.82) is 0 Å². The molecule has 0 bridgehead atoms. The van der Waals surface area contributed by atoms with E-state index in [1.54, 1.807) is 35.4 Å². The molecule has 1 aromatic heterocycles. The maximum Gasteiger partial charge on any atom is 0.253 e. The highest BCUT2D eigenvalue weighted by Crippen LogP contribution is 2.23. The van der Waals surface area contributed by atoms with Gasteiger partial charge in [0.15, 0.2) is 5.16 Å². The molecule has 1 fully saturated rings. The van der Waals surface area contributed by atoms with Gasteiger partial charge in [0.25, 0.3) is 5.91 Å². The van der Waals surface area contributed by atoms with Gasteiger partial charge >= 0.3 is 0 Å². The Morgan fingerprint density at radius 3 is 2.56 bits per heavy atom. The minimum atomic E-state index is -0.121. The maximum atomic E-state index is 13.0. The number of carbonyl (C=O) groups is 2. The average Bonchev–Trinajstić information content (AvgIpc) is 3.28. The van der Waals surface area contributed by atoms with E-state index in [1.807, 2.05) is 37.0 Å². The summed E-state index contributed by atoms with van der Waals surface area (Å²) in [5, 5.41) is 3.65. The molecule has 0 unspecified atom stereocenters. The number of thioether (sulfide) groups is 1. The van der Waals surface area contributed by atoms with E-state index in [1.165, 1.54) is 11.8 Å². The molecule has 2 aromatic carbocycles. The summed E-state index contributed by atoms with van der Waals surface area (Å²) >= 11 is 1.37. The Bertz CT molecular complexity index is 1130. The van der Waals surface area contributed by atoms with Crippen LogP contribution in [0.1, 0.15) is 15.9 Å². The summed E-state index contributed by atoms with van der Waals surface area (Å²) in [6.07, 6.45) is 3.54. The Morgan fingerprint density at radius 1 is 1.12 bits per heavy atom. The molecule has 34 heavy (non-hydrogen) atoms. The standard InChI is InChI=1S/C25H29N5O3S/c1-28-12-11-26-25(28)34-18-23(31)27-21-9-7-19(8-10-21)24(32)29(2)17-20-5-3-4-6-22(20)30-13-15-33-16-14-30/h3-12H,13-18H2,1-2H3,(H,27,31). The van der Waals surface area contributed by atoms with Crippen molar-refractivity contribution in [1.82, 2.24) is 14.5 Å².